The maximum Gasteiger partial charge on any atom is 0.284 e. The number of Topliss-reactive ketones (excluding diaryl/α,β-unsaturated/α-hetero) is 1. The lowest BCUT2D eigenvalue weighted by Gasteiger charge is -2.30. The van der Waals surface area contributed by atoms with Crippen molar-refractivity contribution in [1.29, 1.82) is 0 Å². The molecule has 1 saturated heterocycles. The Morgan fingerprint density at radius 2 is 1.94 bits per heavy atom. The lowest BCUT2D eigenvalue weighted by molar-refractivity contribution is 0.0983. The number of rotatable bonds is 3. The summed E-state index contributed by atoms with van der Waals surface area (Å²) >= 11 is 6.33. The predicted molar refractivity (Wildman–Crippen MR) is 129 cm³/mol. The van der Waals surface area contributed by atoms with E-state index in [9.17, 15) is 9.59 Å². The number of benzene rings is 1. The second-order valence-electron chi connectivity index (χ2n) is 8.37. The van der Waals surface area contributed by atoms with Crippen LogP contribution in [0.15, 0.2) is 47.4 Å². The Balaban J connectivity index is 1.58. The van der Waals surface area contributed by atoms with Crippen molar-refractivity contribution in [2.45, 2.75) is 25.3 Å². The lowest BCUT2D eigenvalue weighted by Crippen LogP contribution is -2.35. The van der Waals surface area contributed by atoms with Crippen molar-refractivity contribution in [2.24, 2.45) is 0 Å². The molecule has 5 heterocycles. The third kappa shape index (κ3) is 3.13. The molecule has 0 aliphatic carbocycles. The minimum absolute atomic E-state index is 0.0320. The Morgan fingerprint density at radius 1 is 1.12 bits per heavy atom. The van der Waals surface area contributed by atoms with E-state index in [1.807, 2.05) is 35.2 Å². The van der Waals surface area contributed by atoms with Gasteiger partial charge in [-0.3, -0.25) is 14.2 Å². The number of carbonyl (C=O) groups excluding carboxylic acids is 1. The largest absolute Gasteiger partial charge is 0.369 e. The zero-order valence-electron chi connectivity index (χ0n) is 18.1. The van der Waals surface area contributed by atoms with Crippen molar-refractivity contribution in [3.05, 3.63) is 69.4 Å². The van der Waals surface area contributed by atoms with Crippen molar-refractivity contribution in [1.82, 2.24) is 24.1 Å². The number of para-hydroxylation sites is 1. The average Bonchev–Trinajstić information content (AvgIpc) is 3.46. The third-order valence-corrected chi connectivity index (χ3v) is 6.64. The summed E-state index contributed by atoms with van der Waals surface area (Å²) in [5.74, 6) is 1.51. The molecule has 10 nitrogen and oxygen atoms in total. The van der Waals surface area contributed by atoms with Gasteiger partial charge in [0.15, 0.2) is 11.6 Å². The van der Waals surface area contributed by atoms with Crippen LogP contribution in [-0.4, -0.2) is 43.0 Å². The summed E-state index contributed by atoms with van der Waals surface area (Å²) in [7, 11) is 0. The summed E-state index contributed by atoms with van der Waals surface area (Å²) in [6, 6.07) is 10.7. The molecule has 3 aromatic heterocycles. The molecule has 0 unspecified atom stereocenters. The predicted octanol–water partition coefficient (Wildman–Crippen LogP) is 2.85. The van der Waals surface area contributed by atoms with Gasteiger partial charge in [0.2, 0.25) is 5.95 Å². The second kappa shape index (κ2) is 7.84. The summed E-state index contributed by atoms with van der Waals surface area (Å²) in [5.41, 5.74) is 7.18. The number of hydrogen-bond donors (Lipinski definition) is 2. The van der Waals surface area contributed by atoms with Crippen LogP contribution >= 0.6 is 11.6 Å². The van der Waals surface area contributed by atoms with E-state index in [1.165, 1.54) is 4.52 Å². The topological polar surface area (TPSA) is 123 Å². The van der Waals surface area contributed by atoms with E-state index in [0.717, 1.165) is 12.8 Å². The molecule has 6 rings (SSSR count). The van der Waals surface area contributed by atoms with Gasteiger partial charge in [-0.2, -0.15) is 15.1 Å². The van der Waals surface area contributed by atoms with E-state index in [4.69, 9.17) is 22.4 Å². The quantitative estimate of drug-likeness (QED) is 0.462. The van der Waals surface area contributed by atoms with Gasteiger partial charge < -0.3 is 16.0 Å². The van der Waals surface area contributed by atoms with Crippen LogP contribution in [0.1, 0.15) is 41.5 Å². The third-order valence-electron chi connectivity index (χ3n) is 6.33. The van der Waals surface area contributed by atoms with Crippen LogP contribution in [0.5, 0.6) is 0 Å². The molecule has 1 fully saturated rings. The van der Waals surface area contributed by atoms with Crippen LogP contribution in [0.4, 0.5) is 17.6 Å². The molecular weight excluding hydrogens is 456 g/mol. The molecule has 0 spiro atoms. The number of fused-ring (bicyclic) bond motifs is 2. The maximum atomic E-state index is 13.7. The number of ketones is 1. The molecule has 0 saturated carbocycles. The molecule has 0 bridgehead atoms. The number of nitrogens with zero attached hydrogens (tertiary/aromatic N) is 6. The number of nitrogens with one attached hydrogen (secondary N) is 1. The molecule has 4 aromatic rings. The molecule has 2 aliphatic heterocycles. The average molecular weight is 477 g/mol. The van der Waals surface area contributed by atoms with E-state index in [0.29, 0.717) is 58.8 Å². The first-order valence-electron chi connectivity index (χ1n) is 11.1. The summed E-state index contributed by atoms with van der Waals surface area (Å²) in [6.07, 6.45) is 3.59. The molecule has 172 valence electrons. The maximum absolute atomic E-state index is 13.7. The first-order chi connectivity index (χ1) is 16.5. The highest BCUT2D eigenvalue weighted by molar-refractivity contribution is 6.33. The first-order valence-corrected chi connectivity index (χ1v) is 11.5. The number of halogens is 1. The fourth-order valence-corrected chi connectivity index (χ4v) is 5.08. The van der Waals surface area contributed by atoms with E-state index in [-0.39, 0.29) is 23.3 Å². The highest BCUT2D eigenvalue weighted by Gasteiger charge is 2.36. The number of hydrogen-bond acceptors (Lipinski definition) is 8. The first kappa shape index (κ1) is 20.7. The molecule has 0 amide bonds. The molecule has 3 N–H and O–H groups in total. The number of carbonyl (C=O) groups is 1. The Bertz CT molecular complexity index is 1500. The Kier molecular flexibility index (Phi) is 4.77. The minimum Gasteiger partial charge on any atom is -0.369 e. The molecule has 1 atom stereocenters. The number of nitrogens with two attached hydrogens (primary N) is 1. The molecule has 34 heavy (non-hydrogen) atoms. The smallest absolute Gasteiger partial charge is 0.284 e. The van der Waals surface area contributed by atoms with Crippen LogP contribution in [0.3, 0.4) is 0 Å². The van der Waals surface area contributed by atoms with E-state index < -0.39 is 0 Å². The van der Waals surface area contributed by atoms with E-state index in [1.54, 1.807) is 16.8 Å². The second-order valence-corrected chi connectivity index (χ2v) is 8.78. The van der Waals surface area contributed by atoms with Crippen LogP contribution in [-0.2, 0) is 0 Å². The molecule has 0 radical (unpaired) electrons. The molecular formula is C23H21ClN8O2. The van der Waals surface area contributed by atoms with Crippen molar-refractivity contribution in [3.8, 4) is 5.69 Å². The van der Waals surface area contributed by atoms with Crippen LogP contribution in [0.2, 0.25) is 5.02 Å². The summed E-state index contributed by atoms with van der Waals surface area (Å²) < 4.78 is 3.12. The van der Waals surface area contributed by atoms with Crippen LogP contribution in [0.25, 0.3) is 11.2 Å². The SMILES string of the molecule is Nc1nc2c(c(N3CCC[C@H]3c3nn4ccc(Cl)c4c(=O)n3-c3ccccc3)n1)C(=O)CCN2. The van der Waals surface area contributed by atoms with Crippen molar-refractivity contribution < 1.29 is 4.79 Å². The molecule has 11 heteroatoms. The fourth-order valence-electron chi connectivity index (χ4n) is 4.86. The number of aromatic nitrogens is 5. The fraction of sp³-hybridized carbons (Fsp3) is 0.261. The number of nitrogen functional groups attached to an aromatic ring is 1. The van der Waals surface area contributed by atoms with E-state index >= 15 is 0 Å². The van der Waals surface area contributed by atoms with Gasteiger partial charge in [-0.25, -0.2) is 4.52 Å². The van der Waals surface area contributed by atoms with Crippen molar-refractivity contribution in [2.75, 3.05) is 29.0 Å². The summed E-state index contributed by atoms with van der Waals surface area (Å²) in [6.45, 7) is 1.14. The monoisotopic (exact) mass is 476 g/mol. The van der Waals surface area contributed by atoms with Gasteiger partial charge in [0, 0.05) is 25.7 Å². The highest BCUT2D eigenvalue weighted by atomic mass is 35.5. The zero-order valence-corrected chi connectivity index (χ0v) is 18.9. The van der Waals surface area contributed by atoms with E-state index in [2.05, 4.69) is 15.3 Å². The lowest BCUT2D eigenvalue weighted by atomic mass is 10.1. The zero-order chi connectivity index (χ0) is 23.4. The van der Waals surface area contributed by atoms with Gasteiger partial charge in [-0.15, -0.1) is 0 Å². The Morgan fingerprint density at radius 3 is 2.76 bits per heavy atom. The molecule has 2 aliphatic rings. The van der Waals surface area contributed by atoms with Gasteiger partial charge >= 0.3 is 0 Å². The summed E-state index contributed by atoms with van der Waals surface area (Å²) in [5, 5.41) is 8.32. The number of anilines is 3. The van der Waals surface area contributed by atoms with Crippen LogP contribution < -0.4 is 21.5 Å². The van der Waals surface area contributed by atoms with Gasteiger partial charge in [-0.05, 0) is 31.0 Å². The van der Waals surface area contributed by atoms with Gasteiger partial charge in [-0.1, -0.05) is 29.8 Å². The standard InChI is InChI=1S/C23H21ClN8O2/c24-14-9-12-31-18(14)22(34)32(13-5-2-1-3-6-13)20(29-31)15-7-4-11-30(15)21-17-16(33)8-10-26-19(17)27-23(25)28-21/h1-3,5-6,9,12,15H,4,7-8,10-11H2,(H3,25,26,27,28)/t15-/m0/s1. The Labute approximate surface area is 199 Å². The molecule has 1 aromatic carbocycles. The summed E-state index contributed by atoms with van der Waals surface area (Å²) in [4.78, 5) is 37.2. The van der Waals surface area contributed by atoms with Crippen molar-refractivity contribution in [3.63, 3.8) is 0 Å². The minimum atomic E-state index is -0.313. The van der Waals surface area contributed by atoms with Gasteiger partial charge in [0.25, 0.3) is 5.56 Å². The van der Waals surface area contributed by atoms with Gasteiger partial charge in [0.05, 0.1) is 16.8 Å². The highest BCUT2D eigenvalue weighted by Crippen LogP contribution is 2.39. The van der Waals surface area contributed by atoms with Crippen molar-refractivity contribution >= 4 is 40.5 Å². The Hall–Kier alpha value is -3.92. The van der Waals surface area contributed by atoms with Crippen LogP contribution in [0, 0.1) is 0 Å². The normalized spacial score (nSPS) is 17.7. The van der Waals surface area contributed by atoms with Gasteiger partial charge in [0.1, 0.15) is 22.7 Å².